The molecule has 2 atom stereocenters. The van der Waals surface area contributed by atoms with Crippen LogP contribution < -0.4 is 0 Å². The van der Waals surface area contributed by atoms with Crippen LogP contribution in [0.5, 0.6) is 0 Å². The first-order chi connectivity index (χ1) is 4.27. The molecule has 9 heavy (non-hydrogen) atoms. The van der Waals surface area contributed by atoms with Gasteiger partial charge in [0.25, 0.3) is 0 Å². The van der Waals surface area contributed by atoms with Crippen molar-refractivity contribution in [3.63, 3.8) is 0 Å². The lowest BCUT2D eigenvalue weighted by Gasteiger charge is -2.48. The minimum absolute atomic E-state index is 0.0463. The summed E-state index contributed by atoms with van der Waals surface area (Å²) in [6, 6.07) is 0. The van der Waals surface area contributed by atoms with Crippen LogP contribution in [0, 0.1) is 17.8 Å². The fourth-order valence-electron chi connectivity index (χ4n) is 2.25. The van der Waals surface area contributed by atoms with Crippen LogP contribution in [-0.4, -0.2) is 11.2 Å². The summed E-state index contributed by atoms with van der Waals surface area (Å²) in [5.41, 5.74) is 0. The van der Waals surface area contributed by atoms with Crippen molar-refractivity contribution in [3.05, 3.63) is 0 Å². The molecule has 1 heteroatoms. The van der Waals surface area contributed by atoms with E-state index in [2.05, 4.69) is 6.92 Å². The lowest BCUT2D eigenvalue weighted by molar-refractivity contribution is -0.0599. The molecular weight excluding hydrogens is 112 g/mol. The number of aliphatic hydroxyl groups is 1. The van der Waals surface area contributed by atoms with Crippen molar-refractivity contribution < 1.29 is 5.11 Å². The first-order valence-corrected chi connectivity index (χ1v) is 3.95. The third kappa shape index (κ3) is 0.710. The molecule has 0 aromatic heterocycles. The van der Waals surface area contributed by atoms with E-state index in [4.69, 9.17) is 0 Å². The Balaban J connectivity index is 2.04. The van der Waals surface area contributed by atoms with Gasteiger partial charge in [0.1, 0.15) is 0 Å². The number of aliphatic hydroxyl groups excluding tert-OH is 1. The monoisotopic (exact) mass is 126 g/mol. The number of fused-ring (bicyclic) bond motifs is 2. The average Bonchev–Trinajstić information content (AvgIpc) is 1.57. The Hall–Kier alpha value is -0.0400. The van der Waals surface area contributed by atoms with E-state index >= 15 is 0 Å². The summed E-state index contributed by atoms with van der Waals surface area (Å²) in [4.78, 5) is 0. The molecular formula is C8H14O. The van der Waals surface area contributed by atoms with Crippen LogP contribution in [0.1, 0.15) is 26.2 Å². The summed E-state index contributed by atoms with van der Waals surface area (Å²) in [7, 11) is 0. The highest BCUT2D eigenvalue weighted by Gasteiger charge is 2.43. The van der Waals surface area contributed by atoms with E-state index in [1.54, 1.807) is 0 Å². The van der Waals surface area contributed by atoms with Crippen molar-refractivity contribution in [2.75, 3.05) is 0 Å². The molecule has 1 nitrogen and oxygen atoms in total. The maximum Gasteiger partial charge on any atom is 0.0571 e. The molecule has 0 aliphatic heterocycles. The molecule has 0 amide bonds. The molecule has 2 bridgehead atoms. The Morgan fingerprint density at radius 3 is 2.11 bits per heavy atom. The van der Waals surface area contributed by atoms with E-state index in [1.165, 1.54) is 12.8 Å². The molecule has 0 aromatic rings. The molecule has 0 heterocycles. The molecule has 3 rings (SSSR count). The Morgan fingerprint density at radius 1 is 1.11 bits per heavy atom. The van der Waals surface area contributed by atoms with Crippen molar-refractivity contribution in [1.29, 1.82) is 0 Å². The zero-order chi connectivity index (χ0) is 6.43. The quantitative estimate of drug-likeness (QED) is 0.520. The van der Waals surface area contributed by atoms with Gasteiger partial charge in [-0.15, -0.1) is 0 Å². The van der Waals surface area contributed by atoms with Crippen LogP contribution >= 0.6 is 0 Å². The topological polar surface area (TPSA) is 20.2 Å². The molecule has 3 saturated carbocycles. The molecule has 0 spiro atoms. The lowest BCUT2D eigenvalue weighted by atomic mass is 9.59. The van der Waals surface area contributed by atoms with Crippen LogP contribution in [-0.2, 0) is 0 Å². The highest BCUT2D eigenvalue weighted by molar-refractivity contribution is 4.93. The Morgan fingerprint density at radius 2 is 1.78 bits per heavy atom. The first-order valence-electron chi connectivity index (χ1n) is 3.95. The predicted molar refractivity (Wildman–Crippen MR) is 36.0 cm³/mol. The van der Waals surface area contributed by atoms with Gasteiger partial charge in [0.2, 0.25) is 0 Å². The van der Waals surface area contributed by atoms with Crippen LogP contribution in [0.2, 0.25) is 0 Å². The molecule has 1 unspecified atom stereocenters. The summed E-state index contributed by atoms with van der Waals surface area (Å²) in [5, 5.41) is 9.39. The third-order valence-corrected chi connectivity index (χ3v) is 3.17. The highest BCUT2D eigenvalue weighted by atomic mass is 16.3. The molecule has 0 aromatic carbocycles. The SMILES string of the molecule is C[C@H]1CC(O)C2CC1C2. The summed E-state index contributed by atoms with van der Waals surface area (Å²) >= 11 is 0. The van der Waals surface area contributed by atoms with Gasteiger partial charge in [-0.2, -0.15) is 0 Å². The second-order valence-electron chi connectivity index (χ2n) is 3.77. The largest absolute Gasteiger partial charge is 0.393 e. The van der Waals surface area contributed by atoms with E-state index in [1.807, 2.05) is 0 Å². The van der Waals surface area contributed by atoms with Crippen LogP contribution in [0.15, 0.2) is 0 Å². The van der Waals surface area contributed by atoms with Gasteiger partial charge in [-0.3, -0.25) is 0 Å². The van der Waals surface area contributed by atoms with Gasteiger partial charge < -0.3 is 5.11 Å². The first kappa shape index (κ1) is 5.72. The highest BCUT2D eigenvalue weighted by Crippen LogP contribution is 2.48. The summed E-state index contributed by atoms with van der Waals surface area (Å²) in [6.07, 6.45) is 3.73. The molecule has 0 radical (unpaired) electrons. The zero-order valence-electron chi connectivity index (χ0n) is 5.88. The van der Waals surface area contributed by atoms with Gasteiger partial charge in [0.05, 0.1) is 6.10 Å². The van der Waals surface area contributed by atoms with E-state index in [0.29, 0.717) is 5.92 Å². The number of hydrogen-bond acceptors (Lipinski definition) is 1. The van der Waals surface area contributed by atoms with Crippen molar-refractivity contribution >= 4 is 0 Å². The van der Waals surface area contributed by atoms with Crippen LogP contribution in [0.4, 0.5) is 0 Å². The second kappa shape index (κ2) is 1.72. The Kier molecular flexibility index (Phi) is 1.10. The normalized spacial score (nSPS) is 56.7. The maximum atomic E-state index is 9.39. The van der Waals surface area contributed by atoms with E-state index in [0.717, 1.165) is 18.3 Å². The molecule has 52 valence electrons. The molecule has 1 N–H and O–H groups in total. The van der Waals surface area contributed by atoms with Gasteiger partial charge in [0.15, 0.2) is 0 Å². The van der Waals surface area contributed by atoms with Gasteiger partial charge in [0, 0.05) is 0 Å². The summed E-state index contributed by atoms with van der Waals surface area (Å²) < 4.78 is 0. The molecule has 0 saturated heterocycles. The fraction of sp³-hybridized carbons (Fsp3) is 1.00. The van der Waals surface area contributed by atoms with Crippen LogP contribution in [0.25, 0.3) is 0 Å². The number of rotatable bonds is 0. The lowest BCUT2D eigenvalue weighted by Crippen LogP contribution is -2.44. The minimum atomic E-state index is 0.0463. The zero-order valence-corrected chi connectivity index (χ0v) is 5.88. The molecule has 3 aliphatic rings. The van der Waals surface area contributed by atoms with Crippen molar-refractivity contribution in [2.45, 2.75) is 32.3 Å². The molecule has 3 aliphatic carbocycles. The van der Waals surface area contributed by atoms with Gasteiger partial charge in [-0.05, 0) is 37.0 Å². The van der Waals surface area contributed by atoms with Gasteiger partial charge >= 0.3 is 0 Å². The predicted octanol–water partition coefficient (Wildman–Crippen LogP) is 1.41. The Labute approximate surface area is 56.1 Å². The molecule has 3 fully saturated rings. The minimum Gasteiger partial charge on any atom is -0.393 e. The van der Waals surface area contributed by atoms with E-state index in [-0.39, 0.29) is 6.10 Å². The third-order valence-electron chi connectivity index (χ3n) is 3.17. The maximum absolute atomic E-state index is 9.39. The number of hydrogen-bond donors (Lipinski definition) is 1. The van der Waals surface area contributed by atoms with E-state index in [9.17, 15) is 5.11 Å². The summed E-state index contributed by atoms with van der Waals surface area (Å²) in [6.45, 7) is 2.27. The smallest absolute Gasteiger partial charge is 0.0571 e. The van der Waals surface area contributed by atoms with Crippen molar-refractivity contribution in [2.24, 2.45) is 17.8 Å². The van der Waals surface area contributed by atoms with E-state index < -0.39 is 0 Å². The second-order valence-corrected chi connectivity index (χ2v) is 3.77. The van der Waals surface area contributed by atoms with Crippen molar-refractivity contribution in [1.82, 2.24) is 0 Å². The standard InChI is InChI=1S/C8H14O/c1-5-2-8(9)7-3-6(5)4-7/h5-9H,2-4H2,1H3/t5-,6?,7?,8?/m0/s1. The van der Waals surface area contributed by atoms with Crippen molar-refractivity contribution in [3.8, 4) is 0 Å². The Bertz CT molecular complexity index is 104. The van der Waals surface area contributed by atoms with Crippen LogP contribution in [0.3, 0.4) is 0 Å². The van der Waals surface area contributed by atoms with Gasteiger partial charge in [-0.1, -0.05) is 6.92 Å². The van der Waals surface area contributed by atoms with Gasteiger partial charge in [-0.25, -0.2) is 0 Å². The fourth-order valence-corrected chi connectivity index (χ4v) is 2.25. The summed E-state index contributed by atoms with van der Waals surface area (Å²) in [5.74, 6) is 2.45. The average molecular weight is 126 g/mol.